The molecule has 0 saturated carbocycles. The van der Waals surface area contributed by atoms with Gasteiger partial charge in [0.1, 0.15) is 6.42 Å². The molecule has 2 unspecified atom stereocenters. The van der Waals surface area contributed by atoms with Crippen molar-refractivity contribution in [1.82, 2.24) is 0 Å². The quantitative estimate of drug-likeness (QED) is 0.395. The first kappa shape index (κ1) is 11.0. The third-order valence-corrected chi connectivity index (χ3v) is 2.59. The number of hydrogen-bond acceptors (Lipinski definition) is 4. The van der Waals surface area contributed by atoms with Gasteiger partial charge < -0.3 is 10.3 Å². The molecule has 3 N–H and O–H groups in total. The number of nitrogens with two attached hydrogens (primary N) is 1. The van der Waals surface area contributed by atoms with E-state index in [2.05, 4.69) is 0 Å². The number of aliphatic hydroxyl groups excluding tert-OH is 1. The molecule has 1 aliphatic heterocycles. The number of amides is 1. The topological polar surface area (TPSA) is 89.6 Å². The van der Waals surface area contributed by atoms with Crippen LogP contribution < -0.4 is 10.7 Å². The third-order valence-electron chi connectivity index (χ3n) is 2.59. The maximum absolute atomic E-state index is 11.7. The number of para-hydroxylation sites is 1. The number of anilines is 1. The smallest absolute Gasteiger partial charge is 0.240 e. The van der Waals surface area contributed by atoms with Gasteiger partial charge in [-0.15, -0.1) is 0 Å². The third kappa shape index (κ3) is 1.91. The minimum atomic E-state index is -1.38. The molecule has 0 bridgehead atoms. The minimum absolute atomic E-state index is 0.255. The van der Waals surface area contributed by atoms with Gasteiger partial charge in [0.05, 0.1) is 0 Å². The molecular formula is C10H13N3O3. The van der Waals surface area contributed by atoms with E-state index in [4.69, 9.17) is 5.84 Å². The van der Waals surface area contributed by atoms with Crippen molar-refractivity contribution in [3.8, 4) is 0 Å². The molecule has 6 nitrogen and oxygen atoms in total. The molecule has 0 radical (unpaired) electrons. The standard InChI is InChI=1S/C10H13N3O3/c11-13(16)7-12(9(14)6-10(13)15)8-4-2-1-3-5-8/h1-5,10,15H,6-7,11H2. The summed E-state index contributed by atoms with van der Waals surface area (Å²) < 4.78 is -1.33. The highest BCUT2D eigenvalue weighted by Gasteiger charge is 2.37. The Balaban J connectivity index is 2.26. The van der Waals surface area contributed by atoms with Crippen LogP contribution in [-0.2, 0) is 4.79 Å². The molecule has 0 spiro atoms. The van der Waals surface area contributed by atoms with E-state index in [-0.39, 0.29) is 19.0 Å². The molecule has 1 heterocycles. The van der Waals surface area contributed by atoms with E-state index in [0.717, 1.165) is 0 Å². The van der Waals surface area contributed by atoms with Gasteiger partial charge in [0.25, 0.3) is 0 Å². The SMILES string of the molecule is N[N+]1([O-])CN(c2ccccc2)C(=O)CC1O. The van der Waals surface area contributed by atoms with Crippen LogP contribution in [0.2, 0.25) is 0 Å². The molecule has 1 amide bonds. The highest BCUT2D eigenvalue weighted by Crippen LogP contribution is 2.23. The number of nitrogens with zero attached hydrogens (tertiary/aromatic N) is 2. The molecule has 1 fully saturated rings. The Hall–Kier alpha value is -1.47. The Morgan fingerprint density at radius 3 is 2.69 bits per heavy atom. The fraction of sp³-hybridized carbons (Fsp3) is 0.300. The molecule has 1 aromatic rings. The summed E-state index contributed by atoms with van der Waals surface area (Å²) in [7, 11) is 0. The number of hydrogen-bond donors (Lipinski definition) is 2. The van der Waals surface area contributed by atoms with Crippen LogP contribution in [0.5, 0.6) is 0 Å². The number of carbonyl (C=O) groups is 1. The van der Waals surface area contributed by atoms with Gasteiger partial charge >= 0.3 is 0 Å². The van der Waals surface area contributed by atoms with E-state index in [1.807, 2.05) is 6.07 Å². The average Bonchev–Trinajstić information content (AvgIpc) is 2.25. The monoisotopic (exact) mass is 223 g/mol. The van der Waals surface area contributed by atoms with Crippen molar-refractivity contribution in [2.45, 2.75) is 12.6 Å². The van der Waals surface area contributed by atoms with Crippen molar-refractivity contribution in [3.63, 3.8) is 0 Å². The summed E-state index contributed by atoms with van der Waals surface area (Å²) in [5.74, 6) is 5.05. The van der Waals surface area contributed by atoms with E-state index in [0.29, 0.717) is 5.69 Å². The summed E-state index contributed by atoms with van der Waals surface area (Å²) in [6, 6.07) is 8.78. The van der Waals surface area contributed by atoms with Crippen molar-refractivity contribution in [3.05, 3.63) is 35.5 Å². The largest absolute Gasteiger partial charge is 0.608 e. The van der Waals surface area contributed by atoms with Gasteiger partial charge in [0.15, 0.2) is 6.67 Å². The molecule has 0 aromatic heterocycles. The highest BCUT2D eigenvalue weighted by molar-refractivity contribution is 5.93. The first-order valence-electron chi connectivity index (χ1n) is 4.91. The summed E-state index contributed by atoms with van der Waals surface area (Å²) in [6.45, 7) is -0.274. The van der Waals surface area contributed by atoms with Gasteiger partial charge in [-0.05, 0) is 12.1 Å². The Labute approximate surface area is 92.6 Å². The second-order valence-electron chi connectivity index (χ2n) is 3.84. The summed E-state index contributed by atoms with van der Waals surface area (Å²) in [5.41, 5.74) is 0.614. The molecule has 2 rings (SSSR count). The van der Waals surface area contributed by atoms with Gasteiger partial charge in [0.2, 0.25) is 12.1 Å². The summed E-state index contributed by atoms with van der Waals surface area (Å²) >= 11 is 0. The van der Waals surface area contributed by atoms with Crippen LogP contribution in [0, 0.1) is 5.21 Å². The Bertz CT molecular complexity index is 394. The van der Waals surface area contributed by atoms with Gasteiger partial charge in [-0.2, -0.15) is 5.84 Å². The molecule has 0 aliphatic carbocycles. The lowest BCUT2D eigenvalue weighted by molar-refractivity contribution is -0.939. The summed E-state index contributed by atoms with van der Waals surface area (Å²) in [6.07, 6.45) is -1.64. The predicted molar refractivity (Wildman–Crippen MR) is 57.2 cm³/mol. The highest BCUT2D eigenvalue weighted by atomic mass is 16.6. The second-order valence-corrected chi connectivity index (χ2v) is 3.84. The van der Waals surface area contributed by atoms with Crippen LogP contribution in [-0.4, -0.2) is 28.7 Å². The van der Waals surface area contributed by atoms with Crippen LogP contribution in [0.4, 0.5) is 5.69 Å². The van der Waals surface area contributed by atoms with Crippen molar-refractivity contribution in [1.29, 1.82) is 0 Å². The number of quaternary nitrogens is 1. The molecule has 16 heavy (non-hydrogen) atoms. The van der Waals surface area contributed by atoms with Gasteiger partial charge in [0, 0.05) is 5.69 Å². The Kier molecular flexibility index (Phi) is 2.64. The van der Waals surface area contributed by atoms with E-state index >= 15 is 0 Å². The Morgan fingerprint density at radius 2 is 2.06 bits per heavy atom. The van der Waals surface area contributed by atoms with E-state index in [1.54, 1.807) is 24.3 Å². The molecule has 6 heteroatoms. The molecule has 1 aromatic carbocycles. The van der Waals surface area contributed by atoms with Crippen LogP contribution in [0.15, 0.2) is 30.3 Å². The van der Waals surface area contributed by atoms with E-state index in [1.165, 1.54) is 4.90 Å². The van der Waals surface area contributed by atoms with Crippen LogP contribution in [0.3, 0.4) is 0 Å². The zero-order chi connectivity index (χ0) is 11.8. The van der Waals surface area contributed by atoms with Crippen molar-refractivity contribution in [2.75, 3.05) is 11.6 Å². The zero-order valence-electron chi connectivity index (χ0n) is 8.61. The maximum atomic E-state index is 11.7. The number of rotatable bonds is 1. The van der Waals surface area contributed by atoms with Crippen LogP contribution in [0.1, 0.15) is 6.42 Å². The first-order chi connectivity index (χ1) is 7.50. The summed E-state index contributed by atoms with van der Waals surface area (Å²) in [4.78, 5) is 12.9. The molecular weight excluding hydrogens is 210 g/mol. The van der Waals surface area contributed by atoms with E-state index < -0.39 is 11.0 Å². The van der Waals surface area contributed by atoms with E-state index in [9.17, 15) is 15.1 Å². The van der Waals surface area contributed by atoms with Gasteiger partial charge in [-0.25, -0.2) is 4.76 Å². The number of hydroxylamine groups is 2. The zero-order valence-corrected chi connectivity index (χ0v) is 8.61. The molecule has 2 atom stereocenters. The van der Waals surface area contributed by atoms with Gasteiger partial charge in [-0.3, -0.25) is 9.69 Å². The second kappa shape index (κ2) is 3.84. The van der Waals surface area contributed by atoms with Crippen molar-refractivity contribution < 1.29 is 14.7 Å². The van der Waals surface area contributed by atoms with Crippen LogP contribution in [0.25, 0.3) is 0 Å². The van der Waals surface area contributed by atoms with Crippen LogP contribution >= 0.6 is 0 Å². The fourth-order valence-electron chi connectivity index (χ4n) is 1.65. The minimum Gasteiger partial charge on any atom is -0.608 e. The summed E-state index contributed by atoms with van der Waals surface area (Å²) in [5, 5.41) is 21.0. The molecule has 86 valence electrons. The lowest BCUT2D eigenvalue weighted by Gasteiger charge is -2.46. The number of benzene rings is 1. The molecule has 1 aliphatic rings. The predicted octanol–water partition coefficient (Wildman–Crippen LogP) is -0.113. The maximum Gasteiger partial charge on any atom is 0.240 e. The number of aliphatic hydroxyl groups is 1. The lowest BCUT2D eigenvalue weighted by atomic mass is 10.2. The Morgan fingerprint density at radius 1 is 1.44 bits per heavy atom. The fourth-order valence-corrected chi connectivity index (χ4v) is 1.65. The number of carbonyl (C=O) groups excluding carboxylic acids is 1. The average molecular weight is 223 g/mol. The first-order valence-corrected chi connectivity index (χ1v) is 4.91. The van der Waals surface area contributed by atoms with Gasteiger partial charge in [-0.1, -0.05) is 18.2 Å². The lowest BCUT2D eigenvalue weighted by Crippen LogP contribution is -2.66. The van der Waals surface area contributed by atoms with Crippen molar-refractivity contribution in [2.24, 2.45) is 5.84 Å². The normalized spacial score (nSPS) is 30.6. The van der Waals surface area contributed by atoms with Crippen molar-refractivity contribution >= 4 is 11.6 Å². The molecule has 1 saturated heterocycles.